The monoisotopic (exact) mass is 270 g/mol. The number of carbonyl (C=O) groups excluding carboxylic acids is 2. The molecule has 2 N–H and O–H groups in total. The largest absolute Gasteiger partial charge is 0.465 e. The maximum absolute atomic E-state index is 12.5. The van der Waals surface area contributed by atoms with Gasteiger partial charge in [0.25, 0.3) is 0 Å². The Morgan fingerprint density at radius 3 is 2.47 bits per heavy atom. The molecule has 2 atom stereocenters. The van der Waals surface area contributed by atoms with Crippen molar-refractivity contribution in [2.45, 2.75) is 58.5 Å². The van der Waals surface area contributed by atoms with Crippen LogP contribution in [-0.2, 0) is 14.3 Å². The molecule has 0 aromatic rings. The predicted octanol–water partition coefficient (Wildman–Crippen LogP) is 1.30. The molecular weight excluding hydrogens is 244 g/mol. The van der Waals surface area contributed by atoms with Crippen LogP contribution in [0.2, 0.25) is 0 Å². The number of rotatable bonds is 5. The van der Waals surface area contributed by atoms with Gasteiger partial charge in [-0.05, 0) is 33.6 Å². The van der Waals surface area contributed by atoms with Crippen LogP contribution < -0.4 is 5.73 Å². The fraction of sp³-hybridized carbons (Fsp3) is 0.857. The highest BCUT2D eigenvalue weighted by Gasteiger charge is 2.33. The summed E-state index contributed by atoms with van der Waals surface area (Å²) in [5.41, 5.74) is 6.04. The van der Waals surface area contributed by atoms with Crippen molar-refractivity contribution < 1.29 is 14.3 Å². The van der Waals surface area contributed by atoms with E-state index in [1.165, 1.54) is 0 Å². The second-order valence-corrected chi connectivity index (χ2v) is 5.42. The summed E-state index contributed by atoms with van der Waals surface area (Å²) in [6, 6.07) is -0.101. The molecular formula is C14H26N2O3. The van der Waals surface area contributed by atoms with Gasteiger partial charge in [0.15, 0.2) is 0 Å². The van der Waals surface area contributed by atoms with E-state index < -0.39 is 0 Å². The van der Waals surface area contributed by atoms with E-state index in [2.05, 4.69) is 0 Å². The lowest BCUT2D eigenvalue weighted by atomic mass is 9.84. The zero-order valence-electron chi connectivity index (χ0n) is 12.2. The molecule has 0 bridgehead atoms. The molecule has 110 valence electrons. The van der Waals surface area contributed by atoms with Crippen LogP contribution >= 0.6 is 0 Å². The molecule has 1 aliphatic rings. The van der Waals surface area contributed by atoms with Crippen LogP contribution in [0.4, 0.5) is 0 Å². The number of esters is 1. The zero-order chi connectivity index (χ0) is 14.4. The fourth-order valence-corrected chi connectivity index (χ4v) is 2.54. The van der Waals surface area contributed by atoms with Gasteiger partial charge in [0, 0.05) is 12.1 Å². The molecule has 2 unspecified atom stereocenters. The third-order valence-electron chi connectivity index (χ3n) is 3.65. The third-order valence-corrected chi connectivity index (χ3v) is 3.65. The van der Waals surface area contributed by atoms with Gasteiger partial charge in [-0.2, -0.15) is 0 Å². The zero-order valence-corrected chi connectivity index (χ0v) is 12.2. The quantitative estimate of drug-likeness (QED) is 0.764. The first-order valence-corrected chi connectivity index (χ1v) is 7.19. The molecule has 5 heteroatoms. The third kappa shape index (κ3) is 4.49. The average molecular weight is 270 g/mol. The number of hydrogen-bond acceptors (Lipinski definition) is 4. The fourth-order valence-electron chi connectivity index (χ4n) is 2.54. The van der Waals surface area contributed by atoms with Gasteiger partial charge in [-0.3, -0.25) is 9.59 Å². The summed E-state index contributed by atoms with van der Waals surface area (Å²) in [7, 11) is 0. The Kier molecular flexibility index (Phi) is 6.28. The Morgan fingerprint density at radius 1 is 1.32 bits per heavy atom. The van der Waals surface area contributed by atoms with E-state index in [0.717, 1.165) is 25.7 Å². The van der Waals surface area contributed by atoms with Gasteiger partial charge in [-0.25, -0.2) is 0 Å². The highest BCUT2D eigenvalue weighted by atomic mass is 16.5. The smallest absolute Gasteiger partial charge is 0.325 e. The minimum absolute atomic E-state index is 0.00440. The molecule has 0 spiro atoms. The predicted molar refractivity (Wildman–Crippen MR) is 73.4 cm³/mol. The van der Waals surface area contributed by atoms with Crippen molar-refractivity contribution in [1.82, 2.24) is 4.90 Å². The second kappa shape index (κ2) is 7.48. The van der Waals surface area contributed by atoms with Crippen molar-refractivity contribution in [2.75, 3.05) is 13.2 Å². The van der Waals surface area contributed by atoms with Crippen LogP contribution in [0.1, 0.15) is 46.5 Å². The Morgan fingerprint density at radius 2 is 1.95 bits per heavy atom. The molecule has 0 saturated heterocycles. The number of nitrogens with zero attached hydrogens (tertiary/aromatic N) is 1. The van der Waals surface area contributed by atoms with Crippen molar-refractivity contribution in [3.8, 4) is 0 Å². The van der Waals surface area contributed by atoms with E-state index in [-0.39, 0.29) is 36.4 Å². The van der Waals surface area contributed by atoms with Crippen LogP contribution in [0, 0.1) is 5.92 Å². The van der Waals surface area contributed by atoms with Crippen molar-refractivity contribution in [1.29, 1.82) is 0 Å². The Bertz CT molecular complexity index is 318. The lowest BCUT2D eigenvalue weighted by Gasteiger charge is -2.34. The Balaban J connectivity index is 2.69. The number of amides is 1. The van der Waals surface area contributed by atoms with Gasteiger partial charge >= 0.3 is 5.97 Å². The highest BCUT2D eigenvalue weighted by molar-refractivity contribution is 5.84. The van der Waals surface area contributed by atoms with Crippen LogP contribution in [0.25, 0.3) is 0 Å². The van der Waals surface area contributed by atoms with E-state index in [1.54, 1.807) is 11.8 Å². The lowest BCUT2D eigenvalue weighted by molar-refractivity contribution is -0.152. The molecule has 0 radical (unpaired) electrons. The van der Waals surface area contributed by atoms with Crippen LogP contribution in [0.3, 0.4) is 0 Å². The number of hydrogen-bond donors (Lipinski definition) is 1. The summed E-state index contributed by atoms with van der Waals surface area (Å²) in [6.45, 7) is 5.93. The Labute approximate surface area is 115 Å². The van der Waals surface area contributed by atoms with Crippen molar-refractivity contribution in [3.63, 3.8) is 0 Å². The number of nitrogens with two attached hydrogens (primary N) is 1. The molecule has 1 aliphatic carbocycles. The molecule has 0 heterocycles. The molecule has 1 fully saturated rings. The first kappa shape index (κ1) is 16.0. The first-order valence-electron chi connectivity index (χ1n) is 7.19. The molecule has 0 aromatic carbocycles. The summed E-state index contributed by atoms with van der Waals surface area (Å²) in [5.74, 6) is -0.505. The number of carbonyl (C=O) groups is 2. The topological polar surface area (TPSA) is 72.6 Å². The lowest BCUT2D eigenvalue weighted by Crippen LogP contribution is -2.49. The van der Waals surface area contributed by atoms with Gasteiger partial charge in [0.05, 0.1) is 12.5 Å². The summed E-state index contributed by atoms with van der Waals surface area (Å²) in [4.78, 5) is 25.7. The van der Waals surface area contributed by atoms with Crippen molar-refractivity contribution >= 4 is 11.9 Å². The minimum atomic E-state index is -0.353. The second-order valence-electron chi connectivity index (χ2n) is 5.42. The van der Waals surface area contributed by atoms with Crippen molar-refractivity contribution in [3.05, 3.63) is 0 Å². The SMILES string of the molecule is CCOC(=O)CN(C(=O)C1CCCCC1N)C(C)C. The van der Waals surface area contributed by atoms with Gasteiger partial charge in [0.2, 0.25) is 5.91 Å². The molecule has 1 amide bonds. The van der Waals surface area contributed by atoms with Gasteiger partial charge in [-0.1, -0.05) is 12.8 Å². The Hall–Kier alpha value is -1.10. The summed E-state index contributed by atoms with van der Waals surface area (Å²) < 4.78 is 4.92. The number of ether oxygens (including phenoxy) is 1. The maximum atomic E-state index is 12.5. The molecule has 1 rings (SSSR count). The maximum Gasteiger partial charge on any atom is 0.325 e. The summed E-state index contributed by atoms with van der Waals surface area (Å²) >= 11 is 0. The molecule has 0 aromatic heterocycles. The van der Waals surface area contributed by atoms with Crippen LogP contribution in [-0.4, -0.2) is 42.0 Å². The molecule has 19 heavy (non-hydrogen) atoms. The van der Waals surface area contributed by atoms with E-state index >= 15 is 0 Å². The highest BCUT2D eigenvalue weighted by Crippen LogP contribution is 2.25. The van der Waals surface area contributed by atoms with E-state index in [4.69, 9.17) is 10.5 Å². The summed E-state index contributed by atoms with van der Waals surface area (Å²) in [5, 5.41) is 0. The first-order chi connectivity index (χ1) is 8.97. The minimum Gasteiger partial charge on any atom is -0.465 e. The average Bonchev–Trinajstić information content (AvgIpc) is 2.36. The van der Waals surface area contributed by atoms with Gasteiger partial charge in [-0.15, -0.1) is 0 Å². The van der Waals surface area contributed by atoms with Gasteiger partial charge < -0.3 is 15.4 Å². The van der Waals surface area contributed by atoms with E-state index in [9.17, 15) is 9.59 Å². The molecule has 5 nitrogen and oxygen atoms in total. The van der Waals surface area contributed by atoms with E-state index in [1.807, 2.05) is 13.8 Å². The van der Waals surface area contributed by atoms with Crippen LogP contribution in [0.5, 0.6) is 0 Å². The molecule has 0 aliphatic heterocycles. The normalized spacial score (nSPS) is 23.2. The van der Waals surface area contributed by atoms with Crippen LogP contribution in [0.15, 0.2) is 0 Å². The van der Waals surface area contributed by atoms with Crippen molar-refractivity contribution in [2.24, 2.45) is 11.7 Å². The van der Waals surface area contributed by atoms with E-state index in [0.29, 0.717) is 6.61 Å². The van der Waals surface area contributed by atoms with Gasteiger partial charge in [0.1, 0.15) is 6.54 Å². The standard InChI is InChI=1S/C14H26N2O3/c1-4-19-13(17)9-16(10(2)3)14(18)11-7-5-6-8-12(11)15/h10-12H,4-9,15H2,1-3H3. The summed E-state index contributed by atoms with van der Waals surface area (Å²) in [6.07, 6.45) is 3.84. The molecule has 1 saturated carbocycles.